The average Bonchev–Trinajstić information content (AvgIpc) is 2.24. The van der Waals surface area contributed by atoms with Gasteiger partial charge in [0, 0.05) is 11.4 Å². The Bertz CT molecular complexity index is 364. The summed E-state index contributed by atoms with van der Waals surface area (Å²) in [7, 11) is 0. The first-order chi connectivity index (χ1) is 7.93. The largest absolute Gasteiger partial charge is 0.394 e. The van der Waals surface area contributed by atoms with Gasteiger partial charge in [-0.1, -0.05) is 27.7 Å². The molecule has 1 rings (SSSR count). The van der Waals surface area contributed by atoms with Crippen molar-refractivity contribution in [1.82, 2.24) is 9.97 Å². The van der Waals surface area contributed by atoms with Crippen molar-refractivity contribution in [2.24, 2.45) is 5.92 Å². The number of aliphatic hydroxyl groups is 1. The second-order valence-corrected chi connectivity index (χ2v) is 5.09. The maximum Gasteiger partial charge on any atom is 0.223 e. The molecule has 0 aromatic carbocycles. The number of anilines is 1. The van der Waals surface area contributed by atoms with Crippen LogP contribution in [0.5, 0.6) is 0 Å². The van der Waals surface area contributed by atoms with Gasteiger partial charge in [0.15, 0.2) is 0 Å². The van der Waals surface area contributed by atoms with E-state index in [1.807, 2.05) is 13.0 Å². The third-order valence-corrected chi connectivity index (χ3v) is 2.78. The van der Waals surface area contributed by atoms with Gasteiger partial charge < -0.3 is 10.4 Å². The third-order valence-electron chi connectivity index (χ3n) is 2.78. The van der Waals surface area contributed by atoms with Crippen molar-refractivity contribution in [1.29, 1.82) is 0 Å². The van der Waals surface area contributed by atoms with Crippen LogP contribution >= 0.6 is 0 Å². The standard InChI is InChI=1S/C13H23N3O/c1-8(2)11-6-10(5)14-13(15-11)16-12(7-17)9(3)4/h6,8-9,12,17H,7H2,1-5H3,(H,14,15,16)/t12-/m1/s1. The zero-order valence-corrected chi connectivity index (χ0v) is 11.4. The molecule has 0 aliphatic carbocycles. The van der Waals surface area contributed by atoms with E-state index in [9.17, 15) is 5.11 Å². The maximum atomic E-state index is 9.29. The Balaban J connectivity index is 2.90. The van der Waals surface area contributed by atoms with E-state index in [2.05, 4.69) is 43.0 Å². The Kier molecular flexibility index (Phi) is 4.87. The lowest BCUT2D eigenvalue weighted by atomic mass is 10.1. The van der Waals surface area contributed by atoms with Crippen molar-refractivity contribution < 1.29 is 5.11 Å². The van der Waals surface area contributed by atoms with Crippen LogP contribution in [0.2, 0.25) is 0 Å². The molecule has 2 N–H and O–H groups in total. The molecule has 1 heterocycles. The van der Waals surface area contributed by atoms with Gasteiger partial charge in [-0.25, -0.2) is 9.97 Å². The van der Waals surface area contributed by atoms with E-state index in [0.29, 0.717) is 17.8 Å². The summed E-state index contributed by atoms with van der Waals surface area (Å²) in [6, 6.07) is 2.00. The molecule has 0 aliphatic heterocycles. The van der Waals surface area contributed by atoms with Gasteiger partial charge in [-0.3, -0.25) is 0 Å². The molecule has 4 nitrogen and oxygen atoms in total. The van der Waals surface area contributed by atoms with Crippen LogP contribution in [-0.2, 0) is 0 Å². The molecule has 0 spiro atoms. The molecule has 0 bridgehead atoms. The summed E-state index contributed by atoms with van der Waals surface area (Å²) in [5, 5.41) is 12.5. The lowest BCUT2D eigenvalue weighted by molar-refractivity contribution is 0.248. The van der Waals surface area contributed by atoms with E-state index in [-0.39, 0.29) is 12.6 Å². The molecule has 0 fully saturated rings. The van der Waals surface area contributed by atoms with Crippen molar-refractivity contribution in [3.8, 4) is 0 Å². The molecule has 0 radical (unpaired) electrons. The highest BCUT2D eigenvalue weighted by atomic mass is 16.3. The van der Waals surface area contributed by atoms with Crippen LogP contribution in [0.1, 0.15) is 45.0 Å². The van der Waals surface area contributed by atoms with Crippen LogP contribution in [0.15, 0.2) is 6.07 Å². The zero-order valence-electron chi connectivity index (χ0n) is 11.4. The van der Waals surface area contributed by atoms with Crippen LogP contribution in [0, 0.1) is 12.8 Å². The fraction of sp³-hybridized carbons (Fsp3) is 0.692. The van der Waals surface area contributed by atoms with Crippen molar-refractivity contribution in [3.05, 3.63) is 17.5 Å². The SMILES string of the molecule is Cc1cc(C(C)C)nc(N[C@H](CO)C(C)C)n1. The van der Waals surface area contributed by atoms with Gasteiger partial charge >= 0.3 is 0 Å². The van der Waals surface area contributed by atoms with E-state index in [1.54, 1.807) is 0 Å². The fourth-order valence-corrected chi connectivity index (χ4v) is 1.54. The molecule has 1 atom stereocenters. The summed E-state index contributed by atoms with van der Waals surface area (Å²) in [6.45, 7) is 10.4. The predicted molar refractivity (Wildman–Crippen MR) is 70.2 cm³/mol. The average molecular weight is 237 g/mol. The molecular weight excluding hydrogens is 214 g/mol. The van der Waals surface area contributed by atoms with Crippen LogP contribution < -0.4 is 5.32 Å². The van der Waals surface area contributed by atoms with Gasteiger partial charge in [0.05, 0.1) is 12.6 Å². The molecule has 96 valence electrons. The third kappa shape index (κ3) is 3.97. The van der Waals surface area contributed by atoms with Crippen molar-refractivity contribution in [2.45, 2.75) is 46.6 Å². The normalized spacial score (nSPS) is 13.2. The summed E-state index contributed by atoms with van der Waals surface area (Å²) >= 11 is 0. The summed E-state index contributed by atoms with van der Waals surface area (Å²) < 4.78 is 0. The topological polar surface area (TPSA) is 58.0 Å². The number of aliphatic hydroxyl groups excluding tert-OH is 1. The Labute approximate surface area is 103 Å². The molecular formula is C13H23N3O. The summed E-state index contributed by atoms with van der Waals surface area (Å²) in [4.78, 5) is 8.82. The molecule has 0 saturated carbocycles. The quantitative estimate of drug-likeness (QED) is 0.825. The smallest absolute Gasteiger partial charge is 0.223 e. The van der Waals surface area contributed by atoms with Crippen molar-refractivity contribution in [2.75, 3.05) is 11.9 Å². The molecule has 1 aromatic heterocycles. The monoisotopic (exact) mass is 237 g/mol. The van der Waals surface area contributed by atoms with Gasteiger partial charge in [0.2, 0.25) is 5.95 Å². The maximum absolute atomic E-state index is 9.29. The van der Waals surface area contributed by atoms with Gasteiger partial charge in [-0.05, 0) is 24.8 Å². The molecule has 0 saturated heterocycles. The Morgan fingerprint density at radius 3 is 2.35 bits per heavy atom. The molecule has 0 unspecified atom stereocenters. The summed E-state index contributed by atoms with van der Waals surface area (Å²) in [5.74, 6) is 1.33. The van der Waals surface area contributed by atoms with Crippen molar-refractivity contribution in [3.63, 3.8) is 0 Å². The minimum atomic E-state index is -0.00295. The predicted octanol–water partition coefficient (Wildman–Crippen LogP) is 2.34. The zero-order chi connectivity index (χ0) is 13.0. The van der Waals surface area contributed by atoms with Crippen LogP contribution in [0.25, 0.3) is 0 Å². The minimum absolute atomic E-state index is 0.00295. The Hall–Kier alpha value is -1.16. The summed E-state index contributed by atoms with van der Waals surface area (Å²) in [6.07, 6.45) is 0. The number of hydrogen-bond acceptors (Lipinski definition) is 4. The Morgan fingerprint density at radius 2 is 1.88 bits per heavy atom. The minimum Gasteiger partial charge on any atom is -0.394 e. The number of aromatic nitrogens is 2. The number of aryl methyl sites for hydroxylation is 1. The van der Waals surface area contributed by atoms with E-state index >= 15 is 0 Å². The van der Waals surface area contributed by atoms with Crippen molar-refractivity contribution >= 4 is 5.95 Å². The first kappa shape index (κ1) is 13.9. The fourth-order valence-electron chi connectivity index (χ4n) is 1.54. The molecule has 0 amide bonds. The molecule has 4 heteroatoms. The highest BCUT2D eigenvalue weighted by Gasteiger charge is 2.14. The molecule has 1 aromatic rings. The number of nitrogens with zero attached hydrogens (tertiary/aromatic N) is 2. The first-order valence-electron chi connectivity index (χ1n) is 6.17. The lowest BCUT2D eigenvalue weighted by Crippen LogP contribution is -2.30. The van der Waals surface area contributed by atoms with E-state index in [0.717, 1.165) is 11.4 Å². The van der Waals surface area contributed by atoms with Gasteiger partial charge in [-0.15, -0.1) is 0 Å². The molecule has 17 heavy (non-hydrogen) atoms. The lowest BCUT2D eigenvalue weighted by Gasteiger charge is -2.20. The van der Waals surface area contributed by atoms with Gasteiger partial charge in [0.1, 0.15) is 0 Å². The van der Waals surface area contributed by atoms with Gasteiger partial charge in [0.25, 0.3) is 0 Å². The molecule has 0 aliphatic rings. The number of nitrogens with one attached hydrogen (secondary N) is 1. The van der Waals surface area contributed by atoms with Gasteiger partial charge in [-0.2, -0.15) is 0 Å². The van der Waals surface area contributed by atoms with Crippen LogP contribution in [0.4, 0.5) is 5.95 Å². The van der Waals surface area contributed by atoms with E-state index < -0.39 is 0 Å². The second kappa shape index (κ2) is 5.96. The van der Waals surface area contributed by atoms with Crippen LogP contribution in [-0.4, -0.2) is 27.7 Å². The second-order valence-electron chi connectivity index (χ2n) is 5.09. The number of hydrogen-bond donors (Lipinski definition) is 2. The summed E-state index contributed by atoms with van der Waals surface area (Å²) in [5.41, 5.74) is 1.98. The Morgan fingerprint density at radius 1 is 1.24 bits per heavy atom. The van der Waals surface area contributed by atoms with E-state index in [1.165, 1.54) is 0 Å². The van der Waals surface area contributed by atoms with Crippen LogP contribution in [0.3, 0.4) is 0 Å². The highest BCUT2D eigenvalue weighted by Crippen LogP contribution is 2.16. The first-order valence-corrected chi connectivity index (χ1v) is 6.17. The highest BCUT2D eigenvalue weighted by molar-refractivity contribution is 5.30. The number of rotatable bonds is 5. The van der Waals surface area contributed by atoms with E-state index in [4.69, 9.17) is 0 Å².